The lowest BCUT2D eigenvalue weighted by atomic mass is 9.98. The van der Waals surface area contributed by atoms with Gasteiger partial charge in [0.2, 0.25) is 0 Å². The summed E-state index contributed by atoms with van der Waals surface area (Å²) >= 11 is 1.46. The maximum absolute atomic E-state index is 12.2. The number of nitrogens with zero attached hydrogens (tertiary/aromatic N) is 1. The Hall–Kier alpha value is -3.82. The summed E-state index contributed by atoms with van der Waals surface area (Å²) < 4.78 is 6.58. The van der Waals surface area contributed by atoms with Crippen molar-refractivity contribution in [1.82, 2.24) is 10.3 Å². The minimum Gasteiger partial charge on any atom is -0.449 e. The molecule has 5 rings (SSSR count). The van der Waals surface area contributed by atoms with Gasteiger partial charge >= 0.3 is 6.09 Å². The second kappa shape index (κ2) is 8.74. The summed E-state index contributed by atoms with van der Waals surface area (Å²) in [4.78, 5) is 16.5. The van der Waals surface area contributed by atoms with Crippen LogP contribution >= 0.6 is 11.3 Å². The molecule has 3 N–H and O–H groups in total. The Balaban J connectivity index is 1.13. The first-order chi connectivity index (χ1) is 15.7. The van der Waals surface area contributed by atoms with Gasteiger partial charge in [-0.05, 0) is 40.5 Å². The maximum Gasteiger partial charge on any atom is 0.407 e. The highest BCUT2D eigenvalue weighted by Gasteiger charge is 2.28. The smallest absolute Gasteiger partial charge is 0.407 e. The number of aromatic nitrogens is 1. The average Bonchev–Trinajstić information content (AvgIpc) is 3.34. The third-order valence-corrected chi connectivity index (χ3v) is 6.37. The molecule has 1 aliphatic rings. The summed E-state index contributed by atoms with van der Waals surface area (Å²) in [6.45, 7) is 0.734. The van der Waals surface area contributed by atoms with Crippen molar-refractivity contribution in [2.45, 2.75) is 12.3 Å². The SMILES string of the molecule is Nc1nc2cc(C#CCCNC(=O)OCC3c4ccccc4-c4ccccc43)ccc2s1. The third-order valence-electron chi connectivity index (χ3n) is 5.50. The number of alkyl carbamates (subject to hydrolysis) is 1. The number of rotatable bonds is 4. The van der Waals surface area contributed by atoms with Crippen molar-refractivity contribution in [3.63, 3.8) is 0 Å². The molecular weight excluding hydrogens is 418 g/mol. The lowest BCUT2D eigenvalue weighted by Crippen LogP contribution is -2.26. The number of nitrogen functional groups attached to an aromatic ring is 1. The molecule has 0 aliphatic heterocycles. The molecule has 5 nitrogen and oxygen atoms in total. The normalized spacial score (nSPS) is 12.0. The van der Waals surface area contributed by atoms with Crippen molar-refractivity contribution >= 4 is 32.8 Å². The molecule has 32 heavy (non-hydrogen) atoms. The summed E-state index contributed by atoms with van der Waals surface area (Å²) in [5, 5.41) is 3.34. The number of nitrogens with one attached hydrogen (secondary N) is 1. The first-order valence-corrected chi connectivity index (χ1v) is 11.2. The van der Waals surface area contributed by atoms with Crippen LogP contribution in [0.25, 0.3) is 21.3 Å². The Labute approximate surface area is 190 Å². The lowest BCUT2D eigenvalue weighted by molar-refractivity contribution is 0.143. The molecule has 0 spiro atoms. The van der Waals surface area contributed by atoms with Crippen molar-refractivity contribution in [2.75, 3.05) is 18.9 Å². The Bertz CT molecular complexity index is 1320. The predicted octanol–water partition coefficient (Wildman–Crippen LogP) is 5.16. The predicted molar refractivity (Wildman–Crippen MR) is 129 cm³/mol. The van der Waals surface area contributed by atoms with Crippen LogP contribution in [0.15, 0.2) is 66.7 Å². The summed E-state index contributed by atoms with van der Waals surface area (Å²) in [7, 11) is 0. The van der Waals surface area contributed by atoms with Gasteiger partial charge in [-0.2, -0.15) is 0 Å². The van der Waals surface area contributed by atoms with Gasteiger partial charge < -0.3 is 15.8 Å². The molecule has 4 aromatic rings. The maximum atomic E-state index is 12.2. The molecule has 158 valence electrons. The van der Waals surface area contributed by atoms with Crippen LogP contribution in [-0.4, -0.2) is 24.2 Å². The number of carbonyl (C=O) groups excluding carboxylic acids is 1. The molecule has 0 saturated heterocycles. The monoisotopic (exact) mass is 439 g/mol. The van der Waals surface area contributed by atoms with E-state index in [0.717, 1.165) is 15.8 Å². The zero-order valence-electron chi connectivity index (χ0n) is 17.3. The van der Waals surface area contributed by atoms with Crippen LogP contribution in [0, 0.1) is 11.8 Å². The zero-order valence-corrected chi connectivity index (χ0v) is 18.1. The Morgan fingerprint density at radius 3 is 2.53 bits per heavy atom. The molecule has 0 saturated carbocycles. The second-order valence-electron chi connectivity index (χ2n) is 7.54. The largest absolute Gasteiger partial charge is 0.449 e. The quantitative estimate of drug-likeness (QED) is 0.340. The number of thiazole rings is 1. The summed E-state index contributed by atoms with van der Waals surface area (Å²) in [5.74, 6) is 6.23. The van der Waals surface area contributed by atoms with E-state index in [1.807, 2.05) is 42.5 Å². The number of amides is 1. The molecule has 1 amide bonds. The van der Waals surface area contributed by atoms with Gasteiger partial charge in [0.05, 0.1) is 10.2 Å². The number of ether oxygens (including phenoxy) is 1. The molecule has 1 aromatic heterocycles. The standard InChI is InChI=1S/C26H21N3O2S/c27-25-29-23-15-17(12-13-24(23)32-25)7-5-6-14-28-26(30)31-16-22-20-10-3-1-8-18(20)19-9-2-4-11-21(19)22/h1-4,8-13,15,22H,6,14,16H2,(H2,27,29)(H,28,30). The first-order valence-electron chi connectivity index (χ1n) is 10.4. The third kappa shape index (κ3) is 4.03. The van der Waals surface area contributed by atoms with E-state index >= 15 is 0 Å². The van der Waals surface area contributed by atoms with E-state index < -0.39 is 6.09 Å². The van der Waals surface area contributed by atoms with Crippen molar-refractivity contribution in [3.05, 3.63) is 83.4 Å². The number of carbonyl (C=O) groups is 1. The van der Waals surface area contributed by atoms with Crippen LogP contribution in [-0.2, 0) is 4.74 Å². The van der Waals surface area contributed by atoms with Crippen LogP contribution < -0.4 is 11.1 Å². The van der Waals surface area contributed by atoms with E-state index in [1.165, 1.54) is 33.6 Å². The molecule has 1 heterocycles. The number of benzene rings is 3. The van der Waals surface area contributed by atoms with Crippen LogP contribution in [0.3, 0.4) is 0 Å². The van der Waals surface area contributed by atoms with Crippen molar-refractivity contribution in [1.29, 1.82) is 0 Å². The van der Waals surface area contributed by atoms with Crippen LogP contribution in [0.1, 0.15) is 29.0 Å². The summed E-state index contributed by atoms with van der Waals surface area (Å²) in [6, 6.07) is 22.4. The Kier molecular flexibility index (Phi) is 5.49. The fraction of sp³-hybridized carbons (Fsp3) is 0.154. The van der Waals surface area contributed by atoms with Gasteiger partial charge in [0.1, 0.15) is 6.61 Å². The number of fused-ring (bicyclic) bond motifs is 4. The minimum absolute atomic E-state index is 0.0580. The number of nitrogens with two attached hydrogens (primary N) is 1. The van der Waals surface area contributed by atoms with Crippen molar-refractivity contribution in [2.24, 2.45) is 0 Å². The highest BCUT2D eigenvalue weighted by atomic mass is 32.1. The molecule has 6 heteroatoms. The van der Waals surface area contributed by atoms with Crippen LogP contribution in [0.5, 0.6) is 0 Å². The van der Waals surface area contributed by atoms with Gasteiger partial charge in [-0.1, -0.05) is 71.7 Å². The fourth-order valence-electron chi connectivity index (χ4n) is 4.06. The van der Waals surface area contributed by atoms with Gasteiger partial charge in [0, 0.05) is 24.4 Å². The molecule has 0 unspecified atom stereocenters. The van der Waals surface area contributed by atoms with E-state index in [-0.39, 0.29) is 5.92 Å². The fourth-order valence-corrected chi connectivity index (χ4v) is 4.78. The first kappa shape index (κ1) is 20.1. The summed E-state index contributed by atoms with van der Waals surface area (Å²) in [5.41, 5.74) is 12.3. The van der Waals surface area contributed by atoms with Gasteiger partial charge in [0.15, 0.2) is 5.13 Å². The molecule has 0 radical (unpaired) electrons. The van der Waals surface area contributed by atoms with Crippen LogP contribution in [0.2, 0.25) is 0 Å². The van der Waals surface area contributed by atoms with Crippen molar-refractivity contribution in [3.8, 4) is 23.0 Å². The molecular formula is C26H21N3O2S. The minimum atomic E-state index is -0.423. The highest BCUT2D eigenvalue weighted by molar-refractivity contribution is 7.22. The molecule has 3 aromatic carbocycles. The number of hydrogen-bond acceptors (Lipinski definition) is 5. The topological polar surface area (TPSA) is 77.2 Å². The average molecular weight is 440 g/mol. The van der Waals surface area contributed by atoms with E-state index in [4.69, 9.17) is 10.5 Å². The highest BCUT2D eigenvalue weighted by Crippen LogP contribution is 2.44. The van der Waals surface area contributed by atoms with E-state index in [9.17, 15) is 4.79 Å². The zero-order chi connectivity index (χ0) is 21.9. The summed E-state index contributed by atoms with van der Waals surface area (Å²) in [6.07, 6.45) is 0.106. The molecule has 0 atom stereocenters. The van der Waals surface area contributed by atoms with E-state index in [0.29, 0.717) is 24.7 Å². The van der Waals surface area contributed by atoms with Gasteiger partial charge in [-0.3, -0.25) is 0 Å². The van der Waals surface area contributed by atoms with Gasteiger partial charge in [-0.25, -0.2) is 9.78 Å². The lowest BCUT2D eigenvalue weighted by Gasteiger charge is -2.14. The van der Waals surface area contributed by atoms with E-state index in [2.05, 4.69) is 46.4 Å². The van der Waals surface area contributed by atoms with Crippen LogP contribution in [0.4, 0.5) is 9.93 Å². The number of anilines is 1. The van der Waals surface area contributed by atoms with Gasteiger partial charge in [0.25, 0.3) is 0 Å². The van der Waals surface area contributed by atoms with Crippen molar-refractivity contribution < 1.29 is 9.53 Å². The number of hydrogen-bond donors (Lipinski definition) is 2. The Morgan fingerprint density at radius 1 is 1.06 bits per heavy atom. The molecule has 0 fully saturated rings. The second-order valence-corrected chi connectivity index (χ2v) is 8.60. The Morgan fingerprint density at radius 2 is 1.78 bits per heavy atom. The van der Waals surface area contributed by atoms with E-state index in [1.54, 1.807) is 0 Å². The molecule has 1 aliphatic carbocycles. The van der Waals surface area contributed by atoms with Gasteiger partial charge in [-0.15, -0.1) is 0 Å². The molecule has 0 bridgehead atoms.